The second-order valence-electron chi connectivity index (χ2n) is 4.62. The normalized spacial score (nSPS) is 12.3. The zero-order valence-electron chi connectivity index (χ0n) is 11.0. The number of rotatable bonds is 5. The van der Waals surface area contributed by atoms with Crippen LogP contribution in [0.1, 0.15) is 26.4 Å². The van der Waals surface area contributed by atoms with Crippen molar-refractivity contribution in [3.8, 4) is 0 Å². The molecule has 0 radical (unpaired) electrons. The monoisotopic (exact) mass is 292 g/mol. The van der Waals surface area contributed by atoms with Crippen LogP contribution in [0.25, 0.3) is 0 Å². The number of Topliss-reactive ketones (excluding diaryl/α,β-unsaturated/α-hetero) is 1. The summed E-state index contributed by atoms with van der Waals surface area (Å²) in [6, 6.07) is 9.76. The number of carbonyl (C=O) groups is 1. The predicted octanol–water partition coefficient (Wildman–Crippen LogP) is 3.50. The third-order valence-corrected chi connectivity index (χ3v) is 4.85. The van der Waals surface area contributed by atoms with Crippen LogP contribution in [0.2, 0.25) is 0 Å². The molecule has 0 bridgehead atoms. The van der Waals surface area contributed by atoms with Crippen molar-refractivity contribution in [1.82, 2.24) is 0 Å². The van der Waals surface area contributed by atoms with Crippen LogP contribution in [0.15, 0.2) is 35.7 Å². The molecule has 0 fully saturated rings. The van der Waals surface area contributed by atoms with E-state index in [2.05, 4.69) is 6.07 Å². The number of thiophene rings is 1. The molecule has 19 heavy (non-hydrogen) atoms. The van der Waals surface area contributed by atoms with E-state index in [1.807, 2.05) is 37.4 Å². The maximum absolute atomic E-state index is 12.0. The Morgan fingerprint density at radius 2 is 1.89 bits per heavy atom. The van der Waals surface area contributed by atoms with E-state index in [-0.39, 0.29) is 11.5 Å². The van der Waals surface area contributed by atoms with Crippen molar-refractivity contribution in [2.45, 2.75) is 19.6 Å². The number of hydrogen-bond donors (Lipinski definition) is 0. The first-order chi connectivity index (χ1) is 9.04. The van der Waals surface area contributed by atoms with Gasteiger partial charge < -0.3 is 0 Å². The molecule has 0 amide bonds. The van der Waals surface area contributed by atoms with Gasteiger partial charge in [-0.25, -0.2) is 0 Å². The summed E-state index contributed by atoms with van der Waals surface area (Å²) in [7, 11) is -1.15. The number of aryl methyl sites for hydroxylation is 2. The molecule has 0 aliphatic heterocycles. The Hall–Kier alpha value is -1.26. The van der Waals surface area contributed by atoms with Crippen molar-refractivity contribution in [1.29, 1.82) is 0 Å². The molecule has 1 unspecified atom stereocenters. The molecule has 1 aromatic heterocycles. The highest BCUT2D eigenvalue weighted by atomic mass is 32.2. The lowest BCUT2D eigenvalue weighted by Gasteiger charge is -2.05. The molecule has 2 rings (SSSR count). The van der Waals surface area contributed by atoms with Crippen LogP contribution in [-0.2, 0) is 16.6 Å². The number of ketones is 1. The quantitative estimate of drug-likeness (QED) is 0.790. The predicted molar refractivity (Wildman–Crippen MR) is 81.3 cm³/mol. The summed E-state index contributed by atoms with van der Waals surface area (Å²) >= 11 is 1.40. The van der Waals surface area contributed by atoms with E-state index in [1.54, 1.807) is 6.07 Å². The molecule has 1 aromatic carbocycles. The van der Waals surface area contributed by atoms with E-state index in [0.29, 0.717) is 10.6 Å². The Balaban J connectivity index is 1.99. The lowest BCUT2D eigenvalue weighted by molar-refractivity contribution is 0.102. The minimum Gasteiger partial charge on any atom is -0.292 e. The first kappa shape index (κ1) is 14.2. The van der Waals surface area contributed by atoms with Crippen molar-refractivity contribution in [3.63, 3.8) is 0 Å². The fraction of sp³-hybridized carbons (Fsp3) is 0.267. The maximum atomic E-state index is 12.0. The van der Waals surface area contributed by atoms with Gasteiger partial charge in [-0.15, -0.1) is 11.3 Å². The van der Waals surface area contributed by atoms with Crippen LogP contribution in [-0.4, -0.2) is 15.7 Å². The average Bonchev–Trinajstić information content (AvgIpc) is 2.80. The van der Waals surface area contributed by atoms with Crippen molar-refractivity contribution in [2.24, 2.45) is 0 Å². The Morgan fingerprint density at radius 3 is 2.47 bits per heavy atom. The van der Waals surface area contributed by atoms with Crippen LogP contribution < -0.4 is 0 Å². The molecule has 1 heterocycles. The average molecular weight is 292 g/mol. The van der Waals surface area contributed by atoms with Crippen molar-refractivity contribution >= 4 is 27.9 Å². The first-order valence-electron chi connectivity index (χ1n) is 6.03. The van der Waals surface area contributed by atoms with Gasteiger partial charge >= 0.3 is 0 Å². The van der Waals surface area contributed by atoms with Gasteiger partial charge in [0, 0.05) is 16.6 Å². The molecule has 0 aliphatic rings. The second kappa shape index (κ2) is 6.26. The standard InChI is InChI=1S/C15H16O2S2/c1-11-6-12(2)8-13(7-11)9-19(17)10-14(16)15-4-3-5-18-15/h3-8H,9-10H2,1-2H3. The third-order valence-electron chi connectivity index (χ3n) is 2.70. The van der Waals surface area contributed by atoms with Crippen molar-refractivity contribution in [2.75, 3.05) is 5.75 Å². The molecule has 100 valence electrons. The molecule has 0 saturated carbocycles. The largest absolute Gasteiger partial charge is 0.292 e. The smallest absolute Gasteiger partial charge is 0.185 e. The Morgan fingerprint density at radius 1 is 1.21 bits per heavy atom. The molecule has 0 saturated heterocycles. The fourth-order valence-corrected chi connectivity index (χ4v) is 3.89. The first-order valence-corrected chi connectivity index (χ1v) is 8.40. The van der Waals surface area contributed by atoms with E-state index >= 15 is 0 Å². The van der Waals surface area contributed by atoms with Crippen molar-refractivity contribution < 1.29 is 9.00 Å². The summed E-state index contributed by atoms with van der Waals surface area (Å²) in [6.07, 6.45) is 0. The highest BCUT2D eigenvalue weighted by molar-refractivity contribution is 7.85. The van der Waals surface area contributed by atoms with Gasteiger partial charge in [0.25, 0.3) is 0 Å². The third kappa shape index (κ3) is 4.11. The maximum Gasteiger partial charge on any atom is 0.185 e. The summed E-state index contributed by atoms with van der Waals surface area (Å²) in [5, 5.41) is 1.86. The molecule has 0 spiro atoms. The second-order valence-corrected chi connectivity index (χ2v) is 7.03. The zero-order valence-corrected chi connectivity index (χ0v) is 12.6. The summed E-state index contributed by atoms with van der Waals surface area (Å²) < 4.78 is 12.0. The van der Waals surface area contributed by atoms with Gasteiger partial charge in [-0.1, -0.05) is 35.4 Å². The zero-order chi connectivity index (χ0) is 13.8. The van der Waals surface area contributed by atoms with Crippen LogP contribution in [0.3, 0.4) is 0 Å². The molecule has 0 aliphatic carbocycles. The van der Waals surface area contributed by atoms with Gasteiger partial charge in [0.2, 0.25) is 0 Å². The topological polar surface area (TPSA) is 34.1 Å². The molecule has 2 aromatic rings. The number of hydrogen-bond acceptors (Lipinski definition) is 3. The van der Waals surface area contributed by atoms with Crippen molar-refractivity contribution in [3.05, 3.63) is 57.3 Å². The molecular weight excluding hydrogens is 276 g/mol. The van der Waals surface area contributed by atoms with E-state index in [0.717, 1.165) is 16.7 Å². The van der Waals surface area contributed by atoms with E-state index in [9.17, 15) is 9.00 Å². The Kier molecular flexibility index (Phi) is 4.66. The van der Waals surface area contributed by atoms with Gasteiger partial charge in [0.15, 0.2) is 5.78 Å². The molecule has 1 atom stereocenters. The van der Waals surface area contributed by atoms with Crippen LogP contribution in [0.5, 0.6) is 0 Å². The summed E-state index contributed by atoms with van der Waals surface area (Å²) in [5.74, 6) is 0.519. The number of benzene rings is 1. The lowest BCUT2D eigenvalue weighted by atomic mass is 10.1. The van der Waals surface area contributed by atoms with Gasteiger partial charge in [0.1, 0.15) is 0 Å². The molecular formula is C15H16O2S2. The van der Waals surface area contributed by atoms with Crippen LogP contribution in [0.4, 0.5) is 0 Å². The molecule has 2 nitrogen and oxygen atoms in total. The van der Waals surface area contributed by atoms with Gasteiger partial charge in [-0.2, -0.15) is 0 Å². The van der Waals surface area contributed by atoms with Gasteiger partial charge in [-0.05, 0) is 30.9 Å². The fourth-order valence-electron chi connectivity index (χ4n) is 2.04. The van der Waals surface area contributed by atoms with E-state index in [1.165, 1.54) is 11.3 Å². The molecule has 0 N–H and O–H groups in total. The summed E-state index contributed by atoms with van der Waals surface area (Å²) in [5.41, 5.74) is 3.36. The van der Waals surface area contributed by atoms with Crippen LogP contribution >= 0.6 is 11.3 Å². The summed E-state index contributed by atoms with van der Waals surface area (Å²) in [6.45, 7) is 4.05. The minimum atomic E-state index is -1.15. The van der Waals surface area contributed by atoms with Gasteiger partial charge in [0.05, 0.1) is 10.6 Å². The van der Waals surface area contributed by atoms with E-state index < -0.39 is 10.8 Å². The summed E-state index contributed by atoms with van der Waals surface area (Å²) in [4.78, 5) is 12.5. The van der Waals surface area contributed by atoms with Crippen LogP contribution in [0, 0.1) is 13.8 Å². The minimum absolute atomic E-state index is 0.0299. The van der Waals surface area contributed by atoms with Gasteiger partial charge in [-0.3, -0.25) is 9.00 Å². The lowest BCUT2D eigenvalue weighted by Crippen LogP contribution is -2.11. The Labute approximate surface area is 119 Å². The number of carbonyl (C=O) groups excluding carboxylic acids is 1. The SMILES string of the molecule is Cc1cc(C)cc(CS(=O)CC(=O)c2cccs2)c1. The highest BCUT2D eigenvalue weighted by Gasteiger charge is 2.12. The van der Waals surface area contributed by atoms with E-state index in [4.69, 9.17) is 0 Å². The molecule has 4 heteroatoms. The Bertz CT molecular complexity index is 580. The highest BCUT2D eigenvalue weighted by Crippen LogP contribution is 2.13.